The molecule has 0 saturated carbocycles. The number of sulfonamides is 1. The number of hydrogen-bond acceptors (Lipinski definition) is 5. The van der Waals surface area contributed by atoms with Crippen LogP contribution in [0.15, 0.2) is 53.6 Å². The van der Waals surface area contributed by atoms with Crippen molar-refractivity contribution in [2.75, 3.05) is 4.72 Å². The molecule has 0 aliphatic heterocycles. The molecular formula is C18H12ClF4N3O3S2. The predicted octanol–water partition coefficient (Wildman–Crippen LogP) is 4.69. The quantitative estimate of drug-likeness (QED) is 0.488. The van der Waals surface area contributed by atoms with Gasteiger partial charge in [0.15, 0.2) is 5.13 Å². The maximum absolute atomic E-state index is 13.9. The van der Waals surface area contributed by atoms with Crippen LogP contribution in [0.1, 0.15) is 21.5 Å². The number of halogens is 5. The minimum absolute atomic E-state index is 0.0727. The van der Waals surface area contributed by atoms with Gasteiger partial charge in [0.25, 0.3) is 15.9 Å². The van der Waals surface area contributed by atoms with Crippen molar-refractivity contribution in [2.24, 2.45) is 0 Å². The normalized spacial score (nSPS) is 11.9. The molecular weight excluding hydrogens is 482 g/mol. The Morgan fingerprint density at radius 2 is 1.81 bits per heavy atom. The zero-order chi connectivity index (χ0) is 22.8. The van der Waals surface area contributed by atoms with E-state index in [0.717, 1.165) is 17.4 Å². The van der Waals surface area contributed by atoms with Crippen LogP contribution in [0.25, 0.3) is 0 Å². The van der Waals surface area contributed by atoms with Crippen LogP contribution < -0.4 is 10.0 Å². The van der Waals surface area contributed by atoms with Crippen molar-refractivity contribution in [2.45, 2.75) is 17.6 Å². The van der Waals surface area contributed by atoms with Crippen LogP contribution in [-0.4, -0.2) is 19.3 Å². The van der Waals surface area contributed by atoms with Gasteiger partial charge in [-0.2, -0.15) is 13.2 Å². The zero-order valence-electron chi connectivity index (χ0n) is 15.2. The SMILES string of the molecule is O=C(NCc1ccc(C(F)(F)F)cc1F)c1ccc(S(=O)(=O)Nc2ncc(Cl)s2)cc1. The van der Waals surface area contributed by atoms with E-state index in [1.165, 1.54) is 30.5 Å². The Balaban J connectivity index is 1.65. The van der Waals surface area contributed by atoms with Gasteiger partial charge >= 0.3 is 6.18 Å². The maximum Gasteiger partial charge on any atom is 0.416 e. The Morgan fingerprint density at radius 3 is 2.35 bits per heavy atom. The summed E-state index contributed by atoms with van der Waals surface area (Å²) < 4.78 is 78.8. The molecule has 0 fully saturated rings. The molecule has 31 heavy (non-hydrogen) atoms. The first-order valence-corrected chi connectivity index (χ1v) is 11.0. The summed E-state index contributed by atoms with van der Waals surface area (Å²) in [5.74, 6) is -1.77. The Morgan fingerprint density at radius 1 is 1.13 bits per heavy atom. The summed E-state index contributed by atoms with van der Waals surface area (Å²) in [5, 5.41) is 2.44. The number of carbonyl (C=O) groups is 1. The lowest BCUT2D eigenvalue weighted by Crippen LogP contribution is -2.23. The topological polar surface area (TPSA) is 88.2 Å². The van der Waals surface area contributed by atoms with Crippen LogP contribution in [0.5, 0.6) is 0 Å². The summed E-state index contributed by atoms with van der Waals surface area (Å²) in [6, 6.07) is 6.85. The summed E-state index contributed by atoms with van der Waals surface area (Å²) >= 11 is 6.64. The second kappa shape index (κ2) is 8.81. The number of nitrogens with zero attached hydrogens (tertiary/aromatic N) is 1. The third-order valence-corrected chi connectivity index (χ3v) is 6.46. The average Bonchev–Trinajstić information content (AvgIpc) is 3.10. The fourth-order valence-electron chi connectivity index (χ4n) is 2.41. The summed E-state index contributed by atoms with van der Waals surface area (Å²) in [5.41, 5.74) is -1.19. The molecule has 6 nitrogen and oxygen atoms in total. The van der Waals surface area contributed by atoms with E-state index >= 15 is 0 Å². The molecule has 2 N–H and O–H groups in total. The third kappa shape index (κ3) is 5.71. The molecule has 1 amide bonds. The largest absolute Gasteiger partial charge is 0.416 e. The first kappa shape index (κ1) is 23.0. The molecule has 0 spiro atoms. The number of aromatic nitrogens is 1. The van der Waals surface area contributed by atoms with E-state index in [9.17, 15) is 30.8 Å². The molecule has 0 aliphatic carbocycles. The highest BCUT2D eigenvalue weighted by Gasteiger charge is 2.31. The van der Waals surface area contributed by atoms with Gasteiger partial charge in [0.2, 0.25) is 0 Å². The molecule has 1 aromatic heterocycles. The van der Waals surface area contributed by atoms with E-state index < -0.39 is 33.5 Å². The highest BCUT2D eigenvalue weighted by molar-refractivity contribution is 7.93. The fourth-order valence-corrected chi connectivity index (χ4v) is 4.46. The van der Waals surface area contributed by atoms with Crippen LogP contribution in [0, 0.1) is 5.82 Å². The number of carbonyl (C=O) groups excluding carboxylic acids is 1. The Bertz CT molecular complexity index is 1210. The molecule has 0 saturated heterocycles. The lowest BCUT2D eigenvalue weighted by atomic mass is 10.1. The second-order valence-electron chi connectivity index (χ2n) is 6.09. The van der Waals surface area contributed by atoms with Gasteiger partial charge in [0.1, 0.15) is 10.2 Å². The van der Waals surface area contributed by atoms with E-state index in [1.807, 2.05) is 0 Å². The molecule has 0 atom stereocenters. The molecule has 3 aromatic rings. The number of nitrogens with one attached hydrogen (secondary N) is 2. The van der Waals surface area contributed by atoms with Crippen molar-refractivity contribution in [3.8, 4) is 0 Å². The van der Waals surface area contributed by atoms with Gasteiger partial charge in [-0.25, -0.2) is 17.8 Å². The first-order chi connectivity index (χ1) is 14.5. The van der Waals surface area contributed by atoms with E-state index in [-0.39, 0.29) is 27.7 Å². The average molecular weight is 494 g/mol. The molecule has 0 bridgehead atoms. The molecule has 3 rings (SSSR count). The van der Waals surface area contributed by atoms with Gasteiger partial charge < -0.3 is 5.32 Å². The second-order valence-corrected chi connectivity index (χ2v) is 9.43. The molecule has 0 aliphatic rings. The summed E-state index contributed by atoms with van der Waals surface area (Å²) in [7, 11) is -3.95. The molecule has 164 valence electrons. The first-order valence-electron chi connectivity index (χ1n) is 8.34. The fraction of sp³-hybridized carbons (Fsp3) is 0.111. The van der Waals surface area contributed by atoms with Crippen molar-refractivity contribution in [1.82, 2.24) is 10.3 Å². The summed E-state index contributed by atoms with van der Waals surface area (Å²) in [6.07, 6.45) is -3.39. The van der Waals surface area contributed by atoms with Gasteiger partial charge in [-0.05, 0) is 36.4 Å². The van der Waals surface area contributed by atoms with E-state index in [2.05, 4.69) is 15.0 Å². The van der Waals surface area contributed by atoms with Crippen molar-refractivity contribution in [3.63, 3.8) is 0 Å². The van der Waals surface area contributed by atoms with Crippen LogP contribution in [0.4, 0.5) is 22.7 Å². The molecule has 0 radical (unpaired) electrons. The predicted molar refractivity (Wildman–Crippen MR) is 107 cm³/mol. The third-order valence-electron chi connectivity index (χ3n) is 3.95. The van der Waals surface area contributed by atoms with Crippen molar-refractivity contribution >= 4 is 44.0 Å². The van der Waals surface area contributed by atoms with Gasteiger partial charge in [-0.3, -0.25) is 9.52 Å². The summed E-state index contributed by atoms with van der Waals surface area (Å²) in [6.45, 7) is -0.352. The number of rotatable bonds is 6. The van der Waals surface area contributed by atoms with Crippen LogP contribution in [0.3, 0.4) is 0 Å². The van der Waals surface area contributed by atoms with Gasteiger partial charge in [0.05, 0.1) is 16.7 Å². The number of alkyl halides is 3. The minimum atomic E-state index is -4.68. The lowest BCUT2D eigenvalue weighted by molar-refractivity contribution is -0.137. The minimum Gasteiger partial charge on any atom is -0.348 e. The van der Waals surface area contributed by atoms with Gasteiger partial charge in [-0.15, -0.1) is 0 Å². The number of anilines is 1. The number of benzene rings is 2. The molecule has 2 aromatic carbocycles. The van der Waals surface area contributed by atoms with E-state index in [4.69, 9.17) is 11.6 Å². The lowest BCUT2D eigenvalue weighted by Gasteiger charge is -2.10. The zero-order valence-corrected chi connectivity index (χ0v) is 17.6. The van der Waals surface area contributed by atoms with Crippen molar-refractivity contribution < 1.29 is 30.8 Å². The standard InChI is InChI=1S/C18H12ClF4N3O3S2/c19-15-9-25-17(30-15)26-31(28,29)13-5-2-10(3-6-13)16(27)24-8-11-1-4-12(7-14(11)20)18(21,22)23/h1-7,9H,8H2,(H,24,27)(H,25,26). The Hall–Kier alpha value is -2.70. The van der Waals surface area contributed by atoms with E-state index in [1.54, 1.807) is 0 Å². The van der Waals surface area contributed by atoms with Crippen LogP contribution in [0.2, 0.25) is 4.34 Å². The van der Waals surface area contributed by atoms with Crippen LogP contribution in [-0.2, 0) is 22.7 Å². The van der Waals surface area contributed by atoms with Crippen molar-refractivity contribution in [1.29, 1.82) is 0 Å². The Kier molecular flexibility index (Phi) is 6.53. The highest BCUT2D eigenvalue weighted by atomic mass is 35.5. The number of thiazole rings is 1. The van der Waals surface area contributed by atoms with Crippen LogP contribution >= 0.6 is 22.9 Å². The number of amides is 1. The number of hydrogen-bond donors (Lipinski definition) is 2. The molecule has 13 heteroatoms. The smallest absolute Gasteiger partial charge is 0.348 e. The maximum atomic E-state index is 13.9. The Labute approximate surface area is 182 Å². The highest BCUT2D eigenvalue weighted by Crippen LogP contribution is 2.30. The monoisotopic (exact) mass is 493 g/mol. The van der Waals surface area contributed by atoms with E-state index in [0.29, 0.717) is 16.5 Å². The molecule has 0 unspecified atom stereocenters. The molecule has 1 heterocycles. The summed E-state index contributed by atoms with van der Waals surface area (Å²) in [4.78, 5) is 15.9. The van der Waals surface area contributed by atoms with Gasteiger partial charge in [-0.1, -0.05) is 29.0 Å². The van der Waals surface area contributed by atoms with Gasteiger partial charge in [0, 0.05) is 17.7 Å². The van der Waals surface area contributed by atoms with Crippen molar-refractivity contribution in [3.05, 3.63) is 75.5 Å².